The standard InChI is InChI=1S/C22H25FN4O5/c1-12-5-14(3-4-16(12)23)8-24-22(29)19-6-17(25-13(2)26-19)18-7-20(32-27-18)21-11-30-15(9-28)10-31-21/h3-6,15,20-21,28H,7-11H2,1-2H3,(H,24,29). The number of rotatable bonds is 6. The molecule has 10 heteroatoms. The number of hydrogen-bond acceptors (Lipinski definition) is 8. The summed E-state index contributed by atoms with van der Waals surface area (Å²) < 4.78 is 24.7. The Labute approximate surface area is 184 Å². The Kier molecular flexibility index (Phi) is 6.73. The van der Waals surface area contributed by atoms with Gasteiger partial charge < -0.3 is 24.7 Å². The second-order valence-electron chi connectivity index (χ2n) is 7.85. The molecule has 0 spiro atoms. The highest BCUT2D eigenvalue weighted by Gasteiger charge is 2.35. The van der Waals surface area contributed by atoms with Gasteiger partial charge in [0.2, 0.25) is 0 Å². The molecule has 0 radical (unpaired) electrons. The van der Waals surface area contributed by atoms with Crippen molar-refractivity contribution in [2.24, 2.45) is 5.16 Å². The molecule has 4 rings (SSSR count). The van der Waals surface area contributed by atoms with Gasteiger partial charge in [0.25, 0.3) is 5.91 Å². The number of aliphatic hydroxyl groups excluding tert-OH is 1. The van der Waals surface area contributed by atoms with Gasteiger partial charge >= 0.3 is 0 Å². The summed E-state index contributed by atoms with van der Waals surface area (Å²) in [5.41, 5.74) is 2.62. The average molecular weight is 444 g/mol. The quantitative estimate of drug-likeness (QED) is 0.693. The van der Waals surface area contributed by atoms with Crippen LogP contribution in [0.1, 0.15) is 39.6 Å². The van der Waals surface area contributed by atoms with Crippen LogP contribution >= 0.6 is 0 Å². The number of carbonyl (C=O) groups excluding carboxylic acids is 1. The first-order valence-corrected chi connectivity index (χ1v) is 10.4. The van der Waals surface area contributed by atoms with E-state index >= 15 is 0 Å². The van der Waals surface area contributed by atoms with Crippen molar-refractivity contribution >= 4 is 11.6 Å². The Balaban J connectivity index is 1.39. The normalized spacial score (nSPS) is 22.9. The SMILES string of the molecule is Cc1nc(C(=O)NCc2ccc(F)c(C)c2)cc(C2=NOC(C3COC(CO)CO3)C2)n1. The number of nitrogens with zero attached hydrogens (tertiary/aromatic N) is 3. The van der Waals surface area contributed by atoms with Gasteiger partial charge in [0.1, 0.15) is 35.3 Å². The molecule has 170 valence electrons. The van der Waals surface area contributed by atoms with Crippen molar-refractivity contribution in [3.8, 4) is 0 Å². The summed E-state index contributed by atoms with van der Waals surface area (Å²) in [5, 5.41) is 16.1. The molecular formula is C22H25FN4O5. The highest BCUT2D eigenvalue weighted by molar-refractivity contribution is 6.02. The molecule has 3 heterocycles. The molecule has 3 unspecified atom stereocenters. The number of carbonyl (C=O) groups is 1. The Morgan fingerprint density at radius 2 is 2.03 bits per heavy atom. The number of oxime groups is 1. The maximum absolute atomic E-state index is 13.4. The Morgan fingerprint density at radius 3 is 2.75 bits per heavy atom. The van der Waals surface area contributed by atoms with Crippen molar-refractivity contribution in [3.63, 3.8) is 0 Å². The second kappa shape index (κ2) is 9.68. The van der Waals surface area contributed by atoms with Crippen molar-refractivity contribution in [1.29, 1.82) is 0 Å². The molecule has 32 heavy (non-hydrogen) atoms. The van der Waals surface area contributed by atoms with Gasteiger partial charge in [-0.05, 0) is 37.1 Å². The van der Waals surface area contributed by atoms with Gasteiger partial charge in [-0.15, -0.1) is 0 Å². The first-order valence-electron chi connectivity index (χ1n) is 10.4. The second-order valence-corrected chi connectivity index (χ2v) is 7.85. The summed E-state index contributed by atoms with van der Waals surface area (Å²) in [5.74, 6) is -0.222. The highest BCUT2D eigenvalue weighted by atomic mass is 19.1. The number of hydrogen-bond donors (Lipinski definition) is 2. The molecule has 1 aromatic carbocycles. The lowest BCUT2D eigenvalue weighted by Crippen LogP contribution is -2.43. The molecule has 2 aliphatic rings. The average Bonchev–Trinajstić information content (AvgIpc) is 3.30. The van der Waals surface area contributed by atoms with Gasteiger partial charge in [0.05, 0.1) is 25.5 Å². The predicted octanol–water partition coefficient (Wildman–Crippen LogP) is 1.43. The molecule has 1 fully saturated rings. The van der Waals surface area contributed by atoms with Crippen LogP contribution in [-0.4, -0.2) is 64.8 Å². The molecule has 1 aromatic heterocycles. The fraction of sp³-hybridized carbons (Fsp3) is 0.455. The number of amides is 1. The number of nitrogens with one attached hydrogen (secondary N) is 1. The van der Waals surface area contributed by atoms with Gasteiger partial charge in [-0.3, -0.25) is 4.79 Å². The molecule has 0 aliphatic carbocycles. The number of aliphatic hydroxyl groups is 1. The summed E-state index contributed by atoms with van der Waals surface area (Å²) in [6.45, 7) is 4.13. The van der Waals surface area contributed by atoms with Crippen molar-refractivity contribution in [2.75, 3.05) is 19.8 Å². The van der Waals surface area contributed by atoms with Crippen LogP contribution in [0.2, 0.25) is 0 Å². The number of ether oxygens (including phenoxy) is 2. The fourth-order valence-electron chi connectivity index (χ4n) is 3.55. The number of benzene rings is 1. The van der Waals surface area contributed by atoms with Crippen molar-refractivity contribution in [1.82, 2.24) is 15.3 Å². The molecule has 2 N–H and O–H groups in total. The summed E-state index contributed by atoms with van der Waals surface area (Å²) in [6.07, 6.45) is -0.509. The minimum absolute atomic E-state index is 0.0915. The van der Waals surface area contributed by atoms with Crippen molar-refractivity contribution < 1.29 is 28.6 Å². The molecule has 3 atom stereocenters. The third kappa shape index (κ3) is 5.09. The summed E-state index contributed by atoms with van der Waals surface area (Å²) in [7, 11) is 0. The Hall–Kier alpha value is -2.95. The monoisotopic (exact) mass is 444 g/mol. The van der Waals surface area contributed by atoms with Crippen LogP contribution in [0.15, 0.2) is 29.4 Å². The lowest BCUT2D eigenvalue weighted by Gasteiger charge is -2.30. The molecule has 1 saturated heterocycles. The van der Waals surface area contributed by atoms with E-state index in [-0.39, 0.29) is 48.9 Å². The van der Waals surface area contributed by atoms with Crippen LogP contribution in [0.4, 0.5) is 4.39 Å². The van der Waals surface area contributed by atoms with Crippen LogP contribution in [0.25, 0.3) is 0 Å². The van der Waals surface area contributed by atoms with Crippen LogP contribution in [0.5, 0.6) is 0 Å². The fourth-order valence-corrected chi connectivity index (χ4v) is 3.55. The third-order valence-electron chi connectivity index (χ3n) is 5.35. The topological polar surface area (TPSA) is 115 Å². The predicted molar refractivity (Wildman–Crippen MR) is 112 cm³/mol. The summed E-state index contributed by atoms with van der Waals surface area (Å²) in [6, 6.07) is 6.27. The summed E-state index contributed by atoms with van der Waals surface area (Å²) >= 11 is 0. The maximum atomic E-state index is 13.4. The smallest absolute Gasteiger partial charge is 0.270 e. The Bertz CT molecular complexity index is 1020. The van der Waals surface area contributed by atoms with E-state index in [4.69, 9.17) is 19.4 Å². The van der Waals surface area contributed by atoms with E-state index in [1.54, 1.807) is 32.0 Å². The first kappa shape index (κ1) is 22.3. The Morgan fingerprint density at radius 1 is 1.19 bits per heavy atom. The van der Waals surface area contributed by atoms with E-state index < -0.39 is 0 Å². The molecule has 2 aliphatic heterocycles. The molecule has 0 bridgehead atoms. The van der Waals surface area contributed by atoms with E-state index in [9.17, 15) is 9.18 Å². The van der Waals surface area contributed by atoms with Crippen LogP contribution in [0, 0.1) is 19.7 Å². The van der Waals surface area contributed by atoms with E-state index in [0.717, 1.165) is 5.56 Å². The van der Waals surface area contributed by atoms with E-state index in [1.807, 2.05) is 0 Å². The number of aryl methyl sites for hydroxylation is 2. The summed E-state index contributed by atoms with van der Waals surface area (Å²) in [4.78, 5) is 26.8. The minimum atomic E-state index is -0.367. The molecular weight excluding hydrogens is 419 g/mol. The molecule has 1 amide bonds. The van der Waals surface area contributed by atoms with Crippen molar-refractivity contribution in [2.45, 2.75) is 45.1 Å². The lowest BCUT2D eigenvalue weighted by molar-refractivity contribution is -0.178. The zero-order valence-corrected chi connectivity index (χ0v) is 17.9. The molecule has 2 aromatic rings. The van der Waals surface area contributed by atoms with Gasteiger partial charge in [-0.25, -0.2) is 14.4 Å². The first-order chi connectivity index (χ1) is 15.4. The number of aromatic nitrogens is 2. The van der Waals surface area contributed by atoms with Crippen LogP contribution < -0.4 is 5.32 Å². The third-order valence-corrected chi connectivity index (χ3v) is 5.35. The van der Waals surface area contributed by atoms with Gasteiger partial charge in [0, 0.05) is 13.0 Å². The van der Waals surface area contributed by atoms with Gasteiger partial charge in [0.15, 0.2) is 6.10 Å². The molecule has 9 nitrogen and oxygen atoms in total. The zero-order chi connectivity index (χ0) is 22.7. The maximum Gasteiger partial charge on any atom is 0.270 e. The van der Waals surface area contributed by atoms with E-state index in [2.05, 4.69) is 20.4 Å². The minimum Gasteiger partial charge on any atom is -0.394 e. The zero-order valence-electron chi connectivity index (χ0n) is 17.9. The van der Waals surface area contributed by atoms with E-state index in [0.29, 0.717) is 42.4 Å². The van der Waals surface area contributed by atoms with Crippen LogP contribution in [-0.2, 0) is 20.9 Å². The van der Waals surface area contributed by atoms with Gasteiger partial charge in [-0.1, -0.05) is 17.3 Å². The molecule has 0 saturated carbocycles. The van der Waals surface area contributed by atoms with E-state index in [1.165, 1.54) is 6.07 Å². The lowest BCUT2D eigenvalue weighted by atomic mass is 10.0. The van der Waals surface area contributed by atoms with Crippen LogP contribution in [0.3, 0.4) is 0 Å². The largest absolute Gasteiger partial charge is 0.394 e. The highest BCUT2D eigenvalue weighted by Crippen LogP contribution is 2.23. The van der Waals surface area contributed by atoms with Gasteiger partial charge in [-0.2, -0.15) is 0 Å². The van der Waals surface area contributed by atoms with Crippen molar-refractivity contribution in [3.05, 3.63) is 58.4 Å². The number of halogens is 1.